The van der Waals surface area contributed by atoms with E-state index in [1.165, 1.54) is 6.07 Å². The van der Waals surface area contributed by atoms with Crippen LogP contribution >= 0.6 is 0 Å². The van der Waals surface area contributed by atoms with E-state index >= 15 is 0 Å². The van der Waals surface area contributed by atoms with Crippen LogP contribution in [-0.2, 0) is 13.1 Å². The lowest BCUT2D eigenvalue weighted by Gasteiger charge is -2.24. The predicted molar refractivity (Wildman–Crippen MR) is 108 cm³/mol. The number of aromatic nitrogens is 1. The third-order valence-electron chi connectivity index (χ3n) is 4.64. The molecule has 1 aromatic heterocycles. The van der Waals surface area contributed by atoms with Crippen LogP contribution in [0.5, 0.6) is 0 Å². The minimum Gasteiger partial charge on any atom is -0.345 e. The first-order chi connectivity index (χ1) is 13.1. The molecule has 0 fully saturated rings. The summed E-state index contributed by atoms with van der Waals surface area (Å²) in [6, 6.07) is 10.7. The number of amides is 2. The van der Waals surface area contributed by atoms with Gasteiger partial charge in [0.1, 0.15) is 5.82 Å². The zero-order valence-corrected chi connectivity index (χ0v) is 16.6. The number of urea groups is 1. The van der Waals surface area contributed by atoms with Crippen molar-refractivity contribution in [2.75, 3.05) is 13.1 Å². The molecular weight excluding hydrogens is 341 g/mol. The Morgan fingerprint density at radius 3 is 2.67 bits per heavy atom. The maximum Gasteiger partial charge on any atom is 0.317 e. The number of carbonyl (C=O) groups is 1. The van der Waals surface area contributed by atoms with Crippen LogP contribution in [0.15, 0.2) is 42.6 Å². The van der Waals surface area contributed by atoms with Crippen molar-refractivity contribution in [1.29, 1.82) is 0 Å². The Morgan fingerprint density at radius 1 is 1.11 bits per heavy atom. The molecule has 0 unspecified atom stereocenters. The molecule has 1 N–H and O–H groups in total. The largest absolute Gasteiger partial charge is 0.345 e. The highest BCUT2D eigenvalue weighted by molar-refractivity contribution is 5.74. The van der Waals surface area contributed by atoms with Crippen LogP contribution in [0.2, 0.25) is 0 Å². The van der Waals surface area contributed by atoms with Gasteiger partial charge in [-0.15, -0.1) is 0 Å². The second-order valence-electron chi connectivity index (χ2n) is 6.97. The lowest BCUT2D eigenvalue weighted by molar-refractivity contribution is 0.192. The van der Waals surface area contributed by atoms with Crippen LogP contribution in [0.3, 0.4) is 0 Å². The minimum atomic E-state index is -0.224. The molecule has 2 amide bonds. The monoisotopic (exact) mass is 373 g/mol. The molecule has 0 aliphatic rings. The molecule has 0 radical (unpaired) electrons. The van der Waals surface area contributed by atoms with Crippen molar-refractivity contribution in [2.45, 2.75) is 59.0 Å². The van der Waals surface area contributed by atoms with Gasteiger partial charge in [-0.1, -0.05) is 45.2 Å². The number of hydrogen-bond acceptors (Lipinski definition) is 1. The summed E-state index contributed by atoms with van der Waals surface area (Å²) in [4.78, 5) is 14.5. The fraction of sp³-hybridized carbons (Fsp3) is 0.500. The Bertz CT molecular complexity index is 698. The van der Waals surface area contributed by atoms with Crippen LogP contribution in [0.1, 0.15) is 57.2 Å². The van der Waals surface area contributed by atoms with Crippen LogP contribution in [0, 0.1) is 5.82 Å². The van der Waals surface area contributed by atoms with Crippen LogP contribution < -0.4 is 5.32 Å². The molecule has 1 heterocycles. The lowest BCUT2D eigenvalue weighted by Crippen LogP contribution is -2.40. The maximum atomic E-state index is 13.5. The molecular formula is C22H32FN3O. The van der Waals surface area contributed by atoms with Crippen molar-refractivity contribution >= 4 is 6.03 Å². The molecule has 0 saturated heterocycles. The summed E-state index contributed by atoms with van der Waals surface area (Å²) in [6.45, 7) is 6.89. The third-order valence-corrected chi connectivity index (χ3v) is 4.64. The van der Waals surface area contributed by atoms with E-state index in [0.29, 0.717) is 19.6 Å². The fourth-order valence-electron chi connectivity index (χ4n) is 3.06. The summed E-state index contributed by atoms with van der Waals surface area (Å²) in [5, 5.41) is 3.03. The number of carbonyl (C=O) groups excluding carboxylic acids is 1. The van der Waals surface area contributed by atoms with E-state index in [1.54, 1.807) is 12.1 Å². The molecule has 0 aliphatic heterocycles. The van der Waals surface area contributed by atoms with Gasteiger partial charge in [-0.05, 0) is 42.7 Å². The van der Waals surface area contributed by atoms with Gasteiger partial charge in [-0.25, -0.2) is 9.18 Å². The van der Waals surface area contributed by atoms with E-state index in [2.05, 4.69) is 23.7 Å². The van der Waals surface area contributed by atoms with Gasteiger partial charge < -0.3 is 14.8 Å². The van der Waals surface area contributed by atoms with E-state index in [9.17, 15) is 9.18 Å². The molecule has 1 aromatic carbocycles. The molecule has 0 aliphatic carbocycles. The predicted octanol–water partition coefficient (Wildman–Crippen LogP) is 5.18. The zero-order valence-electron chi connectivity index (χ0n) is 16.6. The Labute approximate surface area is 162 Å². The van der Waals surface area contributed by atoms with E-state index in [-0.39, 0.29) is 11.8 Å². The molecule has 4 nitrogen and oxygen atoms in total. The van der Waals surface area contributed by atoms with Gasteiger partial charge in [-0.3, -0.25) is 0 Å². The molecule has 148 valence electrons. The van der Waals surface area contributed by atoms with Gasteiger partial charge in [-0.2, -0.15) is 0 Å². The smallest absolute Gasteiger partial charge is 0.317 e. The van der Waals surface area contributed by atoms with Crippen molar-refractivity contribution in [3.8, 4) is 0 Å². The average molecular weight is 374 g/mol. The summed E-state index contributed by atoms with van der Waals surface area (Å²) in [7, 11) is 0. The fourth-order valence-corrected chi connectivity index (χ4v) is 3.06. The first kappa shape index (κ1) is 21.0. The summed E-state index contributed by atoms with van der Waals surface area (Å²) < 4.78 is 15.5. The average Bonchev–Trinajstić information content (AvgIpc) is 3.08. The molecule has 0 bridgehead atoms. The second kappa shape index (κ2) is 11.4. The van der Waals surface area contributed by atoms with Crippen LogP contribution in [0.25, 0.3) is 0 Å². The second-order valence-corrected chi connectivity index (χ2v) is 6.97. The maximum absolute atomic E-state index is 13.5. The quantitative estimate of drug-likeness (QED) is 0.542. The van der Waals surface area contributed by atoms with Gasteiger partial charge in [0.15, 0.2) is 0 Å². The number of nitrogens with one attached hydrogen (secondary N) is 1. The third kappa shape index (κ3) is 7.08. The number of rotatable bonds is 11. The Balaban J connectivity index is 2.05. The van der Waals surface area contributed by atoms with E-state index in [1.807, 2.05) is 29.3 Å². The van der Waals surface area contributed by atoms with E-state index in [0.717, 1.165) is 49.9 Å². The summed E-state index contributed by atoms with van der Waals surface area (Å²) >= 11 is 0. The normalized spacial score (nSPS) is 10.8. The van der Waals surface area contributed by atoms with Gasteiger partial charge in [0, 0.05) is 31.5 Å². The van der Waals surface area contributed by atoms with Crippen LogP contribution in [-0.4, -0.2) is 28.6 Å². The molecule has 2 rings (SSSR count). The summed E-state index contributed by atoms with van der Waals surface area (Å²) in [6.07, 6.45) is 7.28. The van der Waals surface area contributed by atoms with Gasteiger partial charge >= 0.3 is 6.03 Å². The van der Waals surface area contributed by atoms with Crippen LogP contribution in [0.4, 0.5) is 9.18 Å². The molecule has 0 spiro atoms. The zero-order chi connectivity index (χ0) is 19.5. The SMILES string of the molecule is CCCCCN(Cc1cccn1Cc1cccc(F)c1)C(=O)NCCCC. The number of halogens is 1. The van der Waals surface area contributed by atoms with Crippen molar-refractivity contribution in [3.63, 3.8) is 0 Å². The number of hydrogen-bond donors (Lipinski definition) is 1. The standard InChI is InChI=1S/C22H32FN3O/c1-3-5-7-14-26(22(27)24-13-6-4-2)18-21-12-9-15-25(21)17-19-10-8-11-20(23)16-19/h8-12,15-16H,3-7,13-14,17-18H2,1-2H3,(H,24,27). The summed E-state index contributed by atoms with van der Waals surface area (Å²) in [5.74, 6) is -0.224. The molecule has 0 atom stereocenters. The first-order valence-corrected chi connectivity index (χ1v) is 10.0. The molecule has 0 saturated carbocycles. The summed E-state index contributed by atoms with van der Waals surface area (Å²) in [5.41, 5.74) is 1.97. The first-order valence-electron chi connectivity index (χ1n) is 10.0. The van der Waals surface area contributed by atoms with Crippen molar-refractivity contribution in [2.24, 2.45) is 0 Å². The van der Waals surface area contributed by atoms with E-state index < -0.39 is 0 Å². The van der Waals surface area contributed by atoms with E-state index in [4.69, 9.17) is 0 Å². The highest BCUT2D eigenvalue weighted by Crippen LogP contribution is 2.13. The highest BCUT2D eigenvalue weighted by atomic mass is 19.1. The van der Waals surface area contributed by atoms with Crippen molar-refractivity contribution < 1.29 is 9.18 Å². The Kier molecular flexibility index (Phi) is 8.89. The topological polar surface area (TPSA) is 37.3 Å². The van der Waals surface area contributed by atoms with Crippen molar-refractivity contribution in [1.82, 2.24) is 14.8 Å². The number of nitrogens with zero attached hydrogens (tertiary/aromatic N) is 2. The lowest BCUT2D eigenvalue weighted by atomic mass is 10.2. The minimum absolute atomic E-state index is 0.00180. The molecule has 2 aromatic rings. The highest BCUT2D eigenvalue weighted by Gasteiger charge is 2.15. The Morgan fingerprint density at radius 2 is 1.93 bits per heavy atom. The molecule has 27 heavy (non-hydrogen) atoms. The van der Waals surface area contributed by atoms with Gasteiger partial charge in [0.2, 0.25) is 0 Å². The number of unbranched alkanes of at least 4 members (excludes halogenated alkanes) is 3. The van der Waals surface area contributed by atoms with Crippen molar-refractivity contribution in [3.05, 3.63) is 59.7 Å². The Hall–Kier alpha value is -2.30. The number of benzene rings is 1. The molecule has 5 heteroatoms. The van der Waals surface area contributed by atoms with Gasteiger partial charge in [0.25, 0.3) is 0 Å². The van der Waals surface area contributed by atoms with Gasteiger partial charge in [0.05, 0.1) is 6.54 Å².